The van der Waals surface area contributed by atoms with E-state index >= 15 is 0 Å². The average Bonchev–Trinajstić information content (AvgIpc) is 2.39. The second kappa shape index (κ2) is 8.06. The van der Waals surface area contributed by atoms with Crippen molar-refractivity contribution in [2.75, 3.05) is 7.11 Å². The summed E-state index contributed by atoms with van der Waals surface area (Å²) in [4.78, 5) is 0. The summed E-state index contributed by atoms with van der Waals surface area (Å²) < 4.78 is 18.9. The summed E-state index contributed by atoms with van der Waals surface area (Å²) in [6, 6.07) is 4.76. The highest BCUT2D eigenvalue weighted by atomic mass is 19.1. The second-order valence-electron chi connectivity index (χ2n) is 4.46. The summed E-state index contributed by atoms with van der Waals surface area (Å²) in [5.41, 5.74) is 3.30. The fraction of sp³-hybridized carbons (Fsp3) is 0.571. The van der Waals surface area contributed by atoms with Gasteiger partial charge >= 0.3 is 0 Å². The quantitative estimate of drug-likeness (QED) is 0.425. The van der Waals surface area contributed by atoms with Gasteiger partial charge in [0.25, 0.3) is 0 Å². The van der Waals surface area contributed by atoms with Gasteiger partial charge in [-0.15, -0.1) is 0 Å². The first kappa shape index (κ1) is 14.9. The van der Waals surface area contributed by atoms with Gasteiger partial charge in [-0.05, 0) is 12.5 Å². The molecule has 1 aromatic carbocycles. The summed E-state index contributed by atoms with van der Waals surface area (Å²) in [5, 5.41) is 0. The predicted octanol–water partition coefficient (Wildman–Crippen LogP) is 3.31. The zero-order valence-corrected chi connectivity index (χ0v) is 11.2. The molecule has 4 heteroatoms. The molecule has 0 radical (unpaired) electrons. The molecule has 3 N–H and O–H groups in total. The van der Waals surface area contributed by atoms with E-state index in [1.165, 1.54) is 26.0 Å². The number of benzene rings is 1. The number of hydrogen-bond acceptors (Lipinski definition) is 3. The van der Waals surface area contributed by atoms with Crippen LogP contribution in [0.25, 0.3) is 0 Å². The van der Waals surface area contributed by atoms with E-state index in [0.29, 0.717) is 11.3 Å². The Labute approximate surface area is 108 Å². The number of hydrogen-bond donors (Lipinski definition) is 2. The number of nitrogens with one attached hydrogen (secondary N) is 1. The van der Waals surface area contributed by atoms with E-state index in [1.807, 2.05) is 0 Å². The minimum Gasteiger partial charge on any atom is -0.497 e. The van der Waals surface area contributed by atoms with Crippen molar-refractivity contribution in [1.82, 2.24) is 5.43 Å². The molecule has 0 aliphatic rings. The van der Waals surface area contributed by atoms with Crippen LogP contribution in [-0.2, 0) is 0 Å². The van der Waals surface area contributed by atoms with Crippen LogP contribution in [0, 0.1) is 5.82 Å². The summed E-state index contributed by atoms with van der Waals surface area (Å²) >= 11 is 0. The second-order valence-corrected chi connectivity index (χ2v) is 4.46. The summed E-state index contributed by atoms with van der Waals surface area (Å²) in [6.07, 6.45) is 5.46. The van der Waals surface area contributed by atoms with Gasteiger partial charge in [-0.25, -0.2) is 4.39 Å². The maximum absolute atomic E-state index is 13.9. The van der Waals surface area contributed by atoms with Crippen molar-refractivity contribution in [3.63, 3.8) is 0 Å². The number of hydrazine groups is 1. The van der Waals surface area contributed by atoms with Gasteiger partial charge in [0.2, 0.25) is 0 Å². The lowest BCUT2D eigenvalue weighted by molar-refractivity contribution is 0.407. The molecule has 1 aromatic rings. The van der Waals surface area contributed by atoms with Crippen LogP contribution in [0.5, 0.6) is 5.75 Å². The fourth-order valence-corrected chi connectivity index (χ4v) is 2.02. The zero-order valence-electron chi connectivity index (χ0n) is 11.2. The summed E-state index contributed by atoms with van der Waals surface area (Å²) in [5.74, 6) is 5.77. The Balaban J connectivity index is 2.63. The Hall–Kier alpha value is -1.13. The van der Waals surface area contributed by atoms with Crippen molar-refractivity contribution in [1.29, 1.82) is 0 Å². The Morgan fingerprint density at radius 1 is 1.33 bits per heavy atom. The van der Waals surface area contributed by atoms with E-state index in [0.717, 1.165) is 19.3 Å². The Bertz CT molecular complexity index is 358. The lowest BCUT2D eigenvalue weighted by atomic mass is 10.00. The van der Waals surface area contributed by atoms with Gasteiger partial charge in [0.05, 0.1) is 7.11 Å². The van der Waals surface area contributed by atoms with Gasteiger partial charge in [0, 0.05) is 17.7 Å². The molecule has 0 bridgehead atoms. The molecule has 0 aliphatic heterocycles. The van der Waals surface area contributed by atoms with E-state index in [9.17, 15) is 4.39 Å². The van der Waals surface area contributed by atoms with Gasteiger partial charge in [-0.2, -0.15) is 0 Å². The molecular weight excluding hydrogens is 231 g/mol. The molecule has 0 saturated heterocycles. The van der Waals surface area contributed by atoms with Crippen molar-refractivity contribution >= 4 is 0 Å². The SMILES string of the molecule is CCCCCCC(NN)c1ccc(OC)cc1F. The van der Waals surface area contributed by atoms with Gasteiger partial charge < -0.3 is 4.74 Å². The van der Waals surface area contributed by atoms with E-state index < -0.39 is 0 Å². The van der Waals surface area contributed by atoms with Gasteiger partial charge in [-0.3, -0.25) is 11.3 Å². The van der Waals surface area contributed by atoms with Gasteiger partial charge in [0.1, 0.15) is 11.6 Å². The van der Waals surface area contributed by atoms with Crippen molar-refractivity contribution in [3.8, 4) is 5.75 Å². The maximum atomic E-state index is 13.9. The van der Waals surface area contributed by atoms with Gasteiger partial charge in [0.15, 0.2) is 0 Å². The first-order valence-electron chi connectivity index (χ1n) is 6.52. The van der Waals surface area contributed by atoms with Crippen LogP contribution in [0.15, 0.2) is 18.2 Å². The van der Waals surface area contributed by atoms with E-state index in [4.69, 9.17) is 10.6 Å². The lowest BCUT2D eigenvalue weighted by Gasteiger charge is -2.17. The van der Waals surface area contributed by atoms with Crippen LogP contribution in [0.4, 0.5) is 4.39 Å². The lowest BCUT2D eigenvalue weighted by Crippen LogP contribution is -2.28. The topological polar surface area (TPSA) is 47.3 Å². The Morgan fingerprint density at radius 3 is 2.67 bits per heavy atom. The van der Waals surface area contributed by atoms with Crippen molar-refractivity contribution < 1.29 is 9.13 Å². The van der Waals surface area contributed by atoms with Crippen molar-refractivity contribution in [3.05, 3.63) is 29.6 Å². The number of halogens is 1. The molecule has 0 aromatic heterocycles. The van der Waals surface area contributed by atoms with Crippen molar-refractivity contribution in [2.24, 2.45) is 5.84 Å². The predicted molar refractivity (Wildman–Crippen MR) is 71.8 cm³/mol. The zero-order chi connectivity index (χ0) is 13.4. The molecule has 0 fully saturated rings. The van der Waals surface area contributed by atoms with E-state index in [-0.39, 0.29) is 11.9 Å². The molecule has 0 saturated carbocycles. The highest BCUT2D eigenvalue weighted by molar-refractivity contribution is 5.30. The number of ether oxygens (including phenoxy) is 1. The van der Waals surface area contributed by atoms with Crippen LogP contribution < -0.4 is 16.0 Å². The molecule has 0 heterocycles. The van der Waals surface area contributed by atoms with Crippen molar-refractivity contribution in [2.45, 2.75) is 45.1 Å². The monoisotopic (exact) mass is 254 g/mol. The van der Waals surface area contributed by atoms with Crippen LogP contribution in [0.1, 0.15) is 50.6 Å². The van der Waals surface area contributed by atoms with E-state index in [2.05, 4.69) is 12.3 Å². The summed E-state index contributed by atoms with van der Waals surface area (Å²) in [6.45, 7) is 2.17. The average molecular weight is 254 g/mol. The summed E-state index contributed by atoms with van der Waals surface area (Å²) in [7, 11) is 1.53. The number of nitrogens with two attached hydrogens (primary N) is 1. The molecule has 1 atom stereocenters. The maximum Gasteiger partial charge on any atom is 0.131 e. The largest absolute Gasteiger partial charge is 0.497 e. The van der Waals surface area contributed by atoms with Crippen LogP contribution in [0.3, 0.4) is 0 Å². The fourth-order valence-electron chi connectivity index (χ4n) is 2.02. The molecule has 18 heavy (non-hydrogen) atoms. The molecule has 0 aliphatic carbocycles. The third-order valence-electron chi connectivity index (χ3n) is 3.13. The molecule has 3 nitrogen and oxygen atoms in total. The van der Waals surface area contributed by atoms with Crippen LogP contribution in [0.2, 0.25) is 0 Å². The number of unbranched alkanes of at least 4 members (excludes halogenated alkanes) is 3. The highest BCUT2D eigenvalue weighted by Crippen LogP contribution is 2.25. The number of methoxy groups -OCH3 is 1. The Morgan fingerprint density at radius 2 is 2.11 bits per heavy atom. The molecule has 0 spiro atoms. The molecule has 102 valence electrons. The highest BCUT2D eigenvalue weighted by Gasteiger charge is 2.14. The Kier molecular flexibility index (Phi) is 6.68. The standard InChI is InChI=1S/C14H23FN2O/c1-3-4-5-6-7-14(17-16)12-9-8-11(18-2)10-13(12)15/h8-10,14,17H,3-7,16H2,1-2H3. The molecule has 1 rings (SSSR count). The first-order valence-corrected chi connectivity index (χ1v) is 6.52. The van der Waals surface area contributed by atoms with Crippen LogP contribution in [-0.4, -0.2) is 7.11 Å². The molecule has 0 amide bonds. The first-order chi connectivity index (χ1) is 8.72. The molecule has 1 unspecified atom stereocenters. The van der Waals surface area contributed by atoms with Gasteiger partial charge in [-0.1, -0.05) is 38.7 Å². The third kappa shape index (κ3) is 4.27. The minimum absolute atomic E-state index is 0.132. The normalized spacial score (nSPS) is 12.4. The van der Waals surface area contributed by atoms with Crippen LogP contribution >= 0.6 is 0 Å². The minimum atomic E-state index is -0.271. The van der Waals surface area contributed by atoms with E-state index in [1.54, 1.807) is 12.1 Å². The smallest absolute Gasteiger partial charge is 0.131 e. The molecular formula is C14H23FN2O. The number of rotatable bonds is 8. The third-order valence-corrected chi connectivity index (χ3v) is 3.13.